The number of hydrogen-bond donors (Lipinski definition) is 1. The van der Waals surface area contributed by atoms with E-state index in [4.69, 9.17) is 5.73 Å². The summed E-state index contributed by atoms with van der Waals surface area (Å²) in [5.74, 6) is 0.455. The molecule has 20 heavy (non-hydrogen) atoms. The lowest BCUT2D eigenvalue weighted by atomic mass is 9.94. The van der Waals surface area contributed by atoms with Crippen molar-refractivity contribution in [3.8, 4) is 0 Å². The van der Waals surface area contributed by atoms with Gasteiger partial charge in [-0.2, -0.15) is 5.10 Å². The molecular formula is C16H22BrN3. The van der Waals surface area contributed by atoms with E-state index < -0.39 is 0 Å². The first kappa shape index (κ1) is 15.3. The number of halogens is 1. The molecule has 3 nitrogen and oxygen atoms in total. The third-order valence-corrected chi connectivity index (χ3v) is 4.19. The van der Waals surface area contributed by atoms with Crippen LogP contribution >= 0.6 is 15.9 Å². The fourth-order valence-corrected chi connectivity index (χ4v) is 2.69. The zero-order chi connectivity index (χ0) is 14.5. The van der Waals surface area contributed by atoms with Gasteiger partial charge in [0, 0.05) is 17.2 Å². The van der Waals surface area contributed by atoms with Crippen molar-refractivity contribution in [2.24, 2.45) is 18.7 Å². The largest absolute Gasteiger partial charge is 0.330 e. The Morgan fingerprint density at radius 3 is 2.50 bits per heavy atom. The van der Waals surface area contributed by atoms with Crippen molar-refractivity contribution in [2.75, 3.05) is 6.54 Å². The van der Waals surface area contributed by atoms with Gasteiger partial charge in [0.1, 0.15) is 0 Å². The smallest absolute Gasteiger partial charge is 0.0624 e. The molecule has 4 heteroatoms. The summed E-state index contributed by atoms with van der Waals surface area (Å²) < 4.78 is 3.10. The standard InChI is InChI=1S/C16H22BrN3/c1-3-15-10-16(20(2)19-15)9-13(11-18)8-12-4-6-14(17)7-5-12/h4-7,10,13H,3,8-9,11,18H2,1-2H3. The van der Waals surface area contributed by atoms with E-state index in [1.54, 1.807) is 0 Å². The lowest BCUT2D eigenvalue weighted by molar-refractivity contribution is 0.510. The quantitative estimate of drug-likeness (QED) is 0.881. The molecule has 0 amide bonds. The van der Waals surface area contributed by atoms with E-state index in [-0.39, 0.29) is 0 Å². The molecule has 2 N–H and O–H groups in total. The van der Waals surface area contributed by atoms with E-state index >= 15 is 0 Å². The number of aromatic nitrogens is 2. The minimum Gasteiger partial charge on any atom is -0.330 e. The highest BCUT2D eigenvalue weighted by Crippen LogP contribution is 2.17. The van der Waals surface area contributed by atoms with Gasteiger partial charge in [-0.1, -0.05) is 35.0 Å². The second-order valence-corrected chi connectivity index (χ2v) is 6.16. The molecule has 1 heterocycles. The molecule has 0 saturated heterocycles. The van der Waals surface area contributed by atoms with Gasteiger partial charge in [-0.15, -0.1) is 0 Å². The van der Waals surface area contributed by atoms with Crippen LogP contribution in [-0.4, -0.2) is 16.3 Å². The van der Waals surface area contributed by atoms with Crippen LogP contribution in [0, 0.1) is 5.92 Å². The molecule has 0 aliphatic carbocycles. The van der Waals surface area contributed by atoms with Crippen LogP contribution in [0.5, 0.6) is 0 Å². The average molecular weight is 336 g/mol. The molecule has 0 radical (unpaired) electrons. The summed E-state index contributed by atoms with van der Waals surface area (Å²) >= 11 is 3.47. The minimum absolute atomic E-state index is 0.455. The van der Waals surface area contributed by atoms with Crippen LogP contribution in [-0.2, 0) is 26.3 Å². The number of nitrogens with zero attached hydrogens (tertiary/aromatic N) is 2. The van der Waals surface area contributed by atoms with Crippen LogP contribution in [0.3, 0.4) is 0 Å². The molecule has 2 aromatic rings. The van der Waals surface area contributed by atoms with Crippen molar-refractivity contribution in [2.45, 2.75) is 26.2 Å². The fourth-order valence-electron chi connectivity index (χ4n) is 2.42. The molecule has 1 aromatic carbocycles. The van der Waals surface area contributed by atoms with E-state index in [9.17, 15) is 0 Å². The SMILES string of the molecule is CCc1cc(CC(CN)Cc2ccc(Br)cc2)n(C)n1. The molecule has 0 spiro atoms. The third kappa shape index (κ3) is 3.93. The van der Waals surface area contributed by atoms with Crippen molar-refractivity contribution in [1.82, 2.24) is 9.78 Å². The van der Waals surface area contributed by atoms with Crippen LogP contribution in [0.2, 0.25) is 0 Å². The van der Waals surface area contributed by atoms with Gasteiger partial charge in [0.05, 0.1) is 5.69 Å². The van der Waals surface area contributed by atoms with E-state index in [1.165, 1.54) is 11.3 Å². The first-order valence-corrected chi connectivity index (χ1v) is 7.88. The van der Waals surface area contributed by atoms with E-state index in [1.807, 2.05) is 11.7 Å². The van der Waals surface area contributed by atoms with Crippen LogP contribution < -0.4 is 5.73 Å². The molecule has 2 rings (SSSR count). The Morgan fingerprint density at radius 1 is 1.25 bits per heavy atom. The molecule has 0 bridgehead atoms. The predicted octanol–water partition coefficient (Wildman–Crippen LogP) is 3.11. The molecule has 0 saturated carbocycles. The summed E-state index contributed by atoms with van der Waals surface area (Å²) in [6.07, 6.45) is 2.97. The maximum absolute atomic E-state index is 5.95. The molecule has 1 unspecified atom stereocenters. The van der Waals surface area contributed by atoms with Crippen molar-refractivity contribution in [1.29, 1.82) is 0 Å². The van der Waals surface area contributed by atoms with Gasteiger partial charge < -0.3 is 5.73 Å². The Kier molecular flexibility index (Phi) is 5.38. The van der Waals surface area contributed by atoms with Crippen LogP contribution in [0.25, 0.3) is 0 Å². The van der Waals surface area contributed by atoms with Crippen LogP contribution in [0.4, 0.5) is 0 Å². The second-order valence-electron chi connectivity index (χ2n) is 5.24. The highest BCUT2D eigenvalue weighted by molar-refractivity contribution is 9.10. The summed E-state index contributed by atoms with van der Waals surface area (Å²) in [6.45, 7) is 2.83. The van der Waals surface area contributed by atoms with E-state index in [0.29, 0.717) is 12.5 Å². The van der Waals surface area contributed by atoms with Crippen molar-refractivity contribution in [3.05, 3.63) is 51.8 Å². The first-order valence-electron chi connectivity index (χ1n) is 7.08. The maximum atomic E-state index is 5.95. The van der Waals surface area contributed by atoms with Gasteiger partial charge in [-0.05, 0) is 55.5 Å². The zero-order valence-corrected chi connectivity index (χ0v) is 13.7. The van der Waals surface area contributed by atoms with E-state index in [0.717, 1.165) is 29.4 Å². The molecule has 1 aromatic heterocycles. The third-order valence-electron chi connectivity index (χ3n) is 3.66. The van der Waals surface area contributed by atoms with Gasteiger partial charge in [0.25, 0.3) is 0 Å². The van der Waals surface area contributed by atoms with Gasteiger partial charge in [0.2, 0.25) is 0 Å². The Labute approximate surface area is 129 Å². The van der Waals surface area contributed by atoms with Gasteiger partial charge in [-0.25, -0.2) is 0 Å². The molecule has 0 aliphatic heterocycles. The summed E-state index contributed by atoms with van der Waals surface area (Å²) in [7, 11) is 2.02. The number of aryl methyl sites for hydroxylation is 2. The van der Waals surface area contributed by atoms with Gasteiger partial charge >= 0.3 is 0 Å². The highest BCUT2D eigenvalue weighted by Gasteiger charge is 2.12. The fraction of sp³-hybridized carbons (Fsp3) is 0.438. The topological polar surface area (TPSA) is 43.8 Å². The Morgan fingerprint density at radius 2 is 1.95 bits per heavy atom. The zero-order valence-electron chi connectivity index (χ0n) is 12.1. The molecule has 0 aliphatic rings. The summed E-state index contributed by atoms with van der Waals surface area (Å²) in [6, 6.07) is 10.7. The lowest BCUT2D eigenvalue weighted by Crippen LogP contribution is -2.20. The number of nitrogens with two attached hydrogens (primary N) is 1. The Balaban J connectivity index is 2.04. The van der Waals surface area contributed by atoms with Crippen molar-refractivity contribution < 1.29 is 0 Å². The molecule has 1 atom stereocenters. The summed E-state index contributed by atoms with van der Waals surface area (Å²) in [5.41, 5.74) is 9.71. The minimum atomic E-state index is 0.455. The molecule has 0 fully saturated rings. The Hall–Kier alpha value is -1.13. The summed E-state index contributed by atoms with van der Waals surface area (Å²) in [4.78, 5) is 0. The molecular weight excluding hydrogens is 314 g/mol. The number of benzene rings is 1. The lowest BCUT2D eigenvalue weighted by Gasteiger charge is -2.15. The summed E-state index contributed by atoms with van der Waals surface area (Å²) in [5, 5.41) is 4.50. The average Bonchev–Trinajstić information content (AvgIpc) is 2.81. The Bertz CT molecular complexity index is 545. The van der Waals surface area contributed by atoms with E-state index in [2.05, 4.69) is 58.3 Å². The maximum Gasteiger partial charge on any atom is 0.0624 e. The van der Waals surface area contributed by atoms with Crippen molar-refractivity contribution >= 4 is 15.9 Å². The normalized spacial score (nSPS) is 12.6. The van der Waals surface area contributed by atoms with Crippen LogP contribution in [0.1, 0.15) is 23.9 Å². The van der Waals surface area contributed by atoms with Gasteiger partial charge in [0.15, 0.2) is 0 Å². The number of rotatable bonds is 6. The van der Waals surface area contributed by atoms with Crippen LogP contribution in [0.15, 0.2) is 34.8 Å². The monoisotopic (exact) mass is 335 g/mol. The predicted molar refractivity (Wildman–Crippen MR) is 86.7 cm³/mol. The highest BCUT2D eigenvalue weighted by atomic mass is 79.9. The molecule has 108 valence electrons. The van der Waals surface area contributed by atoms with Gasteiger partial charge in [-0.3, -0.25) is 4.68 Å². The second kappa shape index (κ2) is 7.04. The first-order chi connectivity index (χ1) is 9.62. The number of hydrogen-bond acceptors (Lipinski definition) is 2. The van der Waals surface area contributed by atoms with Crippen molar-refractivity contribution in [3.63, 3.8) is 0 Å².